The van der Waals surface area contributed by atoms with Crippen LogP contribution in [0, 0.1) is 5.92 Å². The lowest BCUT2D eigenvalue weighted by atomic mass is 10.0. The van der Waals surface area contributed by atoms with E-state index in [2.05, 4.69) is 0 Å². The van der Waals surface area contributed by atoms with Gasteiger partial charge in [0.25, 0.3) is 0 Å². The van der Waals surface area contributed by atoms with Crippen molar-refractivity contribution in [3.05, 3.63) is 0 Å². The van der Waals surface area contributed by atoms with Gasteiger partial charge in [0, 0.05) is 6.54 Å². The van der Waals surface area contributed by atoms with Crippen LogP contribution in [-0.2, 0) is 9.53 Å². The molecule has 1 heterocycles. The fourth-order valence-electron chi connectivity index (χ4n) is 2.06. The third-order valence-electron chi connectivity index (χ3n) is 3.03. The number of aliphatic hydroxyl groups excluding tert-OH is 1. The summed E-state index contributed by atoms with van der Waals surface area (Å²) >= 11 is 0. The minimum Gasteiger partial charge on any atom is -0.394 e. The van der Waals surface area contributed by atoms with Gasteiger partial charge in [-0.15, -0.1) is 0 Å². The molecule has 5 nitrogen and oxygen atoms in total. The number of rotatable bonds is 4. The Morgan fingerprint density at radius 2 is 2.24 bits per heavy atom. The Morgan fingerprint density at radius 1 is 1.59 bits per heavy atom. The monoisotopic (exact) mass is 244 g/mol. The first-order chi connectivity index (χ1) is 7.95. The lowest BCUT2D eigenvalue weighted by Gasteiger charge is -2.38. The number of carbonyl (C=O) groups is 1. The maximum absolute atomic E-state index is 12.2. The van der Waals surface area contributed by atoms with Crippen molar-refractivity contribution in [1.82, 2.24) is 4.90 Å². The van der Waals surface area contributed by atoms with E-state index < -0.39 is 6.04 Å². The highest BCUT2D eigenvalue weighted by atomic mass is 16.5. The second-order valence-electron chi connectivity index (χ2n) is 5.21. The van der Waals surface area contributed by atoms with Crippen molar-refractivity contribution >= 4 is 5.91 Å². The van der Waals surface area contributed by atoms with Gasteiger partial charge in [0.15, 0.2) is 0 Å². The number of aliphatic hydroxyl groups is 1. The summed E-state index contributed by atoms with van der Waals surface area (Å²) in [5, 5.41) is 9.07. The summed E-state index contributed by atoms with van der Waals surface area (Å²) < 4.78 is 5.40. The molecule has 0 aromatic rings. The molecule has 5 heteroatoms. The van der Waals surface area contributed by atoms with Gasteiger partial charge in [-0.2, -0.15) is 0 Å². The molecule has 100 valence electrons. The number of ether oxygens (including phenoxy) is 1. The Morgan fingerprint density at radius 3 is 2.76 bits per heavy atom. The van der Waals surface area contributed by atoms with E-state index in [9.17, 15) is 4.79 Å². The van der Waals surface area contributed by atoms with Gasteiger partial charge in [0.05, 0.1) is 31.4 Å². The van der Waals surface area contributed by atoms with Gasteiger partial charge in [0.1, 0.15) is 0 Å². The second kappa shape index (κ2) is 6.33. The maximum Gasteiger partial charge on any atom is 0.239 e. The number of amides is 1. The zero-order chi connectivity index (χ0) is 13.0. The van der Waals surface area contributed by atoms with Crippen LogP contribution in [0.25, 0.3) is 0 Å². The van der Waals surface area contributed by atoms with E-state index >= 15 is 0 Å². The molecule has 3 N–H and O–H groups in total. The van der Waals surface area contributed by atoms with Crippen molar-refractivity contribution in [2.45, 2.75) is 45.4 Å². The molecule has 2 unspecified atom stereocenters. The van der Waals surface area contributed by atoms with Crippen molar-refractivity contribution < 1.29 is 14.6 Å². The minimum absolute atomic E-state index is 0.0310. The summed E-state index contributed by atoms with van der Waals surface area (Å²) in [6.07, 6.45) is 0.411. The predicted octanol–water partition coefficient (Wildman–Crippen LogP) is -0.0320. The van der Waals surface area contributed by atoms with E-state index in [-0.39, 0.29) is 24.7 Å². The third-order valence-corrected chi connectivity index (χ3v) is 3.03. The molecule has 1 aliphatic rings. The average molecular weight is 244 g/mol. The van der Waals surface area contributed by atoms with Crippen molar-refractivity contribution in [1.29, 1.82) is 0 Å². The Balaban J connectivity index is 2.59. The number of nitrogens with zero attached hydrogens (tertiary/aromatic N) is 1. The van der Waals surface area contributed by atoms with E-state index in [1.54, 1.807) is 4.90 Å². The van der Waals surface area contributed by atoms with Gasteiger partial charge in [-0.25, -0.2) is 0 Å². The standard InChI is InChI=1S/C12H24N2O3/c1-8(2)4-11(13)12(16)14-5-10(6-15)17-7-9(14)3/h8-11,15H,4-7,13H2,1-3H3/t9?,10?,11-/m1/s1. The van der Waals surface area contributed by atoms with Gasteiger partial charge in [-0.05, 0) is 19.3 Å². The first-order valence-corrected chi connectivity index (χ1v) is 6.24. The molecule has 3 atom stereocenters. The summed E-state index contributed by atoms with van der Waals surface area (Å²) in [6.45, 7) is 6.87. The SMILES string of the molecule is CC(C)C[C@@H](N)C(=O)N1CC(CO)OCC1C. The second-order valence-corrected chi connectivity index (χ2v) is 5.21. The number of carbonyl (C=O) groups excluding carboxylic acids is 1. The summed E-state index contributed by atoms with van der Waals surface area (Å²) in [6, 6.07) is -0.418. The molecular weight excluding hydrogens is 220 g/mol. The highest BCUT2D eigenvalue weighted by Crippen LogP contribution is 2.14. The van der Waals surface area contributed by atoms with Crippen molar-refractivity contribution in [3.63, 3.8) is 0 Å². The molecule has 1 aliphatic heterocycles. The highest BCUT2D eigenvalue weighted by Gasteiger charge is 2.31. The summed E-state index contributed by atoms with van der Waals surface area (Å²) in [5.41, 5.74) is 5.90. The molecule has 0 saturated carbocycles. The Bertz CT molecular complexity index is 258. The first kappa shape index (κ1) is 14.4. The fourth-order valence-corrected chi connectivity index (χ4v) is 2.06. The van der Waals surface area contributed by atoms with Crippen molar-refractivity contribution in [2.75, 3.05) is 19.8 Å². The van der Waals surface area contributed by atoms with Gasteiger partial charge in [-0.1, -0.05) is 13.8 Å². The molecule has 0 aromatic carbocycles. The summed E-state index contributed by atoms with van der Waals surface area (Å²) in [7, 11) is 0. The van der Waals surface area contributed by atoms with Gasteiger partial charge in [-0.3, -0.25) is 4.79 Å². The summed E-state index contributed by atoms with van der Waals surface area (Å²) in [5.74, 6) is 0.367. The molecule has 0 radical (unpaired) electrons. The van der Waals surface area contributed by atoms with Gasteiger partial charge >= 0.3 is 0 Å². The lowest BCUT2D eigenvalue weighted by Crippen LogP contribution is -2.56. The van der Waals surface area contributed by atoms with Crippen LogP contribution in [-0.4, -0.2) is 53.9 Å². The van der Waals surface area contributed by atoms with Crippen LogP contribution in [0.5, 0.6) is 0 Å². The van der Waals surface area contributed by atoms with Crippen LogP contribution in [0.1, 0.15) is 27.2 Å². The Labute approximate surface area is 103 Å². The molecule has 1 saturated heterocycles. The molecule has 0 bridgehead atoms. The van der Waals surface area contributed by atoms with Crippen LogP contribution in [0.4, 0.5) is 0 Å². The van der Waals surface area contributed by atoms with E-state index in [1.807, 2.05) is 20.8 Å². The molecular formula is C12H24N2O3. The molecule has 1 amide bonds. The van der Waals surface area contributed by atoms with Crippen LogP contribution in [0.2, 0.25) is 0 Å². The van der Waals surface area contributed by atoms with Crippen molar-refractivity contribution in [2.24, 2.45) is 11.7 Å². The molecule has 0 aromatic heterocycles. The quantitative estimate of drug-likeness (QED) is 0.728. The third kappa shape index (κ3) is 3.94. The topological polar surface area (TPSA) is 75.8 Å². The van der Waals surface area contributed by atoms with E-state index in [0.29, 0.717) is 25.5 Å². The fraction of sp³-hybridized carbons (Fsp3) is 0.917. The van der Waals surface area contributed by atoms with E-state index in [0.717, 1.165) is 0 Å². The van der Waals surface area contributed by atoms with Gasteiger partial charge < -0.3 is 20.5 Å². The zero-order valence-corrected chi connectivity index (χ0v) is 10.9. The number of nitrogens with two attached hydrogens (primary N) is 1. The molecule has 1 fully saturated rings. The largest absolute Gasteiger partial charge is 0.394 e. The number of hydrogen-bond acceptors (Lipinski definition) is 4. The first-order valence-electron chi connectivity index (χ1n) is 6.24. The zero-order valence-electron chi connectivity index (χ0n) is 10.9. The molecule has 1 rings (SSSR count). The number of hydrogen-bond donors (Lipinski definition) is 2. The highest BCUT2D eigenvalue weighted by molar-refractivity contribution is 5.82. The summed E-state index contributed by atoms with van der Waals surface area (Å²) in [4.78, 5) is 13.9. The smallest absolute Gasteiger partial charge is 0.239 e. The van der Waals surface area contributed by atoms with Crippen LogP contribution in [0.15, 0.2) is 0 Å². The normalized spacial score (nSPS) is 27.3. The van der Waals surface area contributed by atoms with Gasteiger partial charge in [0.2, 0.25) is 5.91 Å². The molecule has 0 spiro atoms. The Kier molecular flexibility index (Phi) is 5.36. The molecule has 0 aliphatic carbocycles. The Hall–Kier alpha value is -0.650. The molecule has 17 heavy (non-hydrogen) atoms. The van der Waals surface area contributed by atoms with Crippen molar-refractivity contribution in [3.8, 4) is 0 Å². The van der Waals surface area contributed by atoms with Crippen LogP contribution >= 0.6 is 0 Å². The maximum atomic E-state index is 12.2. The van der Waals surface area contributed by atoms with Crippen LogP contribution in [0.3, 0.4) is 0 Å². The van der Waals surface area contributed by atoms with E-state index in [1.165, 1.54) is 0 Å². The minimum atomic E-state index is -0.449. The lowest BCUT2D eigenvalue weighted by molar-refractivity contribution is -0.147. The predicted molar refractivity (Wildman–Crippen MR) is 65.4 cm³/mol. The van der Waals surface area contributed by atoms with Crippen LogP contribution < -0.4 is 5.73 Å². The van der Waals surface area contributed by atoms with E-state index in [4.69, 9.17) is 15.6 Å². The average Bonchev–Trinajstić information content (AvgIpc) is 2.28. The number of morpholine rings is 1.